The molecule has 3 heteroatoms. The Kier molecular flexibility index (Phi) is 4.15. The Hall–Kier alpha value is -0.900. The fourth-order valence-corrected chi connectivity index (χ4v) is 2.73. The first-order valence-corrected chi connectivity index (χ1v) is 6.34. The summed E-state index contributed by atoms with van der Waals surface area (Å²) in [4.78, 5) is 2.42. The van der Waals surface area contributed by atoms with Crippen LogP contribution >= 0.6 is 0 Å². The summed E-state index contributed by atoms with van der Waals surface area (Å²) in [5.74, 6) is 0. The second-order valence-electron chi connectivity index (χ2n) is 4.62. The summed E-state index contributed by atoms with van der Waals surface area (Å²) in [6, 6.07) is 9.09. The van der Waals surface area contributed by atoms with Crippen LogP contribution in [0.15, 0.2) is 24.3 Å². The van der Waals surface area contributed by atoms with Crippen molar-refractivity contribution in [1.82, 2.24) is 4.90 Å². The molecule has 0 saturated carbocycles. The van der Waals surface area contributed by atoms with E-state index < -0.39 is 0 Å². The van der Waals surface area contributed by atoms with Crippen LogP contribution in [0.25, 0.3) is 0 Å². The van der Waals surface area contributed by atoms with E-state index in [4.69, 9.17) is 10.5 Å². The van der Waals surface area contributed by atoms with Crippen molar-refractivity contribution in [2.45, 2.75) is 25.4 Å². The Balaban J connectivity index is 2.09. The van der Waals surface area contributed by atoms with Crippen molar-refractivity contribution >= 4 is 0 Å². The SMILES string of the molecule is CCN(CCOC)C1Cc2ccccc2C1N. The van der Waals surface area contributed by atoms with E-state index in [0.717, 1.165) is 26.1 Å². The standard InChI is InChI=1S/C14H22N2O/c1-3-16(8-9-17-2)13-10-11-6-4-5-7-12(11)14(13)15/h4-7,13-14H,3,8-10,15H2,1-2H3. The summed E-state index contributed by atoms with van der Waals surface area (Å²) in [5, 5.41) is 0. The maximum absolute atomic E-state index is 6.36. The summed E-state index contributed by atoms with van der Waals surface area (Å²) in [6.45, 7) is 4.94. The minimum atomic E-state index is 0.142. The molecule has 0 saturated heterocycles. The number of rotatable bonds is 5. The molecule has 94 valence electrons. The molecule has 2 unspecified atom stereocenters. The van der Waals surface area contributed by atoms with Crippen LogP contribution in [0.3, 0.4) is 0 Å². The summed E-state index contributed by atoms with van der Waals surface area (Å²) in [5.41, 5.74) is 9.07. The number of benzene rings is 1. The van der Waals surface area contributed by atoms with Crippen LogP contribution in [0.5, 0.6) is 0 Å². The minimum Gasteiger partial charge on any atom is -0.383 e. The third-order valence-corrected chi connectivity index (χ3v) is 3.72. The first-order chi connectivity index (χ1) is 8.27. The summed E-state index contributed by atoms with van der Waals surface area (Å²) >= 11 is 0. The van der Waals surface area contributed by atoms with Gasteiger partial charge in [-0.25, -0.2) is 0 Å². The van der Waals surface area contributed by atoms with Crippen molar-refractivity contribution in [3.8, 4) is 0 Å². The van der Waals surface area contributed by atoms with E-state index in [-0.39, 0.29) is 6.04 Å². The molecule has 0 aliphatic heterocycles. The number of hydrogen-bond donors (Lipinski definition) is 1. The summed E-state index contributed by atoms with van der Waals surface area (Å²) in [7, 11) is 1.75. The van der Waals surface area contributed by atoms with E-state index in [1.54, 1.807) is 7.11 Å². The molecule has 2 rings (SSSR count). The van der Waals surface area contributed by atoms with Crippen LogP contribution in [-0.4, -0.2) is 37.7 Å². The highest BCUT2D eigenvalue weighted by atomic mass is 16.5. The first-order valence-electron chi connectivity index (χ1n) is 6.34. The number of nitrogens with zero attached hydrogens (tertiary/aromatic N) is 1. The maximum Gasteiger partial charge on any atom is 0.0589 e. The average molecular weight is 234 g/mol. The molecule has 1 aromatic rings. The minimum absolute atomic E-state index is 0.142. The van der Waals surface area contributed by atoms with Gasteiger partial charge in [0.05, 0.1) is 6.61 Å². The Labute approximate surface area is 104 Å². The molecule has 3 nitrogen and oxygen atoms in total. The topological polar surface area (TPSA) is 38.5 Å². The fourth-order valence-electron chi connectivity index (χ4n) is 2.73. The summed E-state index contributed by atoms with van der Waals surface area (Å²) in [6.07, 6.45) is 1.06. The Morgan fingerprint density at radius 3 is 2.82 bits per heavy atom. The van der Waals surface area contributed by atoms with Crippen molar-refractivity contribution in [2.75, 3.05) is 26.8 Å². The Morgan fingerprint density at radius 1 is 1.41 bits per heavy atom. The normalized spacial score (nSPS) is 23.1. The van der Waals surface area contributed by atoms with E-state index in [2.05, 4.69) is 36.1 Å². The van der Waals surface area contributed by atoms with Gasteiger partial charge in [0.2, 0.25) is 0 Å². The van der Waals surface area contributed by atoms with Crippen LogP contribution < -0.4 is 5.73 Å². The molecular weight excluding hydrogens is 212 g/mol. The Bertz CT molecular complexity index is 367. The fraction of sp³-hybridized carbons (Fsp3) is 0.571. The highest BCUT2D eigenvalue weighted by molar-refractivity contribution is 5.36. The van der Waals surface area contributed by atoms with Gasteiger partial charge in [-0.05, 0) is 24.1 Å². The van der Waals surface area contributed by atoms with E-state index in [1.807, 2.05) is 0 Å². The summed E-state index contributed by atoms with van der Waals surface area (Å²) < 4.78 is 5.16. The van der Waals surface area contributed by atoms with Crippen LogP contribution in [0.2, 0.25) is 0 Å². The van der Waals surface area contributed by atoms with Gasteiger partial charge in [-0.3, -0.25) is 4.90 Å². The molecule has 0 bridgehead atoms. The highest BCUT2D eigenvalue weighted by Crippen LogP contribution is 2.32. The number of methoxy groups -OCH3 is 1. The molecule has 17 heavy (non-hydrogen) atoms. The van der Waals surface area contributed by atoms with Gasteiger partial charge in [0.1, 0.15) is 0 Å². The second-order valence-corrected chi connectivity index (χ2v) is 4.62. The molecule has 0 heterocycles. The lowest BCUT2D eigenvalue weighted by atomic mass is 10.1. The zero-order chi connectivity index (χ0) is 12.3. The van der Waals surface area contributed by atoms with Crippen molar-refractivity contribution in [1.29, 1.82) is 0 Å². The van der Waals surface area contributed by atoms with E-state index >= 15 is 0 Å². The number of likely N-dealkylation sites (N-methyl/N-ethyl adjacent to an activating group) is 1. The van der Waals surface area contributed by atoms with E-state index in [1.165, 1.54) is 11.1 Å². The Morgan fingerprint density at radius 2 is 2.18 bits per heavy atom. The molecule has 0 amide bonds. The van der Waals surface area contributed by atoms with Gasteiger partial charge in [-0.15, -0.1) is 0 Å². The zero-order valence-corrected chi connectivity index (χ0v) is 10.7. The molecule has 0 radical (unpaired) electrons. The van der Waals surface area contributed by atoms with E-state index in [9.17, 15) is 0 Å². The lowest BCUT2D eigenvalue weighted by Gasteiger charge is -2.30. The predicted molar refractivity (Wildman–Crippen MR) is 70.0 cm³/mol. The van der Waals surface area contributed by atoms with Crippen molar-refractivity contribution in [3.63, 3.8) is 0 Å². The van der Waals surface area contributed by atoms with Gasteiger partial charge in [-0.1, -0.05) is 31.2 Å². The second kappa shape index (κ2) is 5.63. The molecular formula is C14H22N2O. The molecule has 0 spiro atoms. The van der Waals surface area contributed by atoms with Gasteiger partial charge in [0.15, 0.2) is 0 Å². The average Bonchev–Trinajstić information content (AvgIpc) is 2.69. The number of ether oxygens (including phenoxy) is 1. The smallest absolute Gasteiger partial charge is 0.0589 e. The monoisotopic (exact) mass is 234 g/mol. The highest BCUT2D eigenvalue weighted by Gasteiger charge is 2.32. The molecule has 1 aliphatic rings. The maximum atomic E-state index is 6.36. The molecule has 0 fully saturated rings. The first kappa shape index (κ1) is 12.6. The van der Waals surface area contributed by atoms with Gasteiger partial charge in [0.25, 0.3) is 0 Å². The predicted octanol–water partition coefficient (Wildman–Crippen LogP) is 1.58. The van der Waals surface area contributed by atoms with Crippen molar-refractivity contribution < 1.29 is 4.74 Å². The number of hydrogen-bond acceptors (Lipinski definition) is 3. The largest absolute Gasteiger partial charge is 0.383 e. The molecule has 0 aromatic heterocycles. The molecule has 2 N–H and O–H groups in total. The third-order valence-electron chi connectivity index (χ3n) is 3.72. The van der Waals surface area contributed by atoms with Gasteiger partial charge in [0, 0.05) is 25.7 Å². The van der Waals surface area contributed by atoms with Crippen LogP contribution in [0.1, 0.15) is 24.1 Å². The van der Waals surface area contributed by atoms with Gasteiger partial charge >= 0.3 is 0 Å². The lowest BCUT2D eigenvalue weighted by Crippen LogP contribution is -2.42. The van der Waals surface area contributed by atoms with Crippen molar-refractivity contribution in [3.05, 3.63) is 35.4 Å². The number of fused-ring (bicyclic) bond motifs is 1. The van der Waals surface area contributed by atoms with Gasteiger partial charge < -0.3 is 10.5 Å². The lowest BCUT2D eigenvalue weighted by molar-refractivity contribution is 0.117. The third kappa shape index (κ3) is 2.51. The number of nitrogens with two attached hydrogens (primary N) is 1. The quantitative estimate of drug-likeness (QED) is 0.840. The zero-order valence-electron chi connectivity index (χ0n) is 10.7. The molecule has 2 atom stereocenters. The van der Waals surface area contributed by atoms with Crippen LogP contribution in [0, 0.1) is 0 Å². The van der Waals surface area contributed by atoms with E-state index in [0.29, 0.717) is 6.04 Å². The molecule has 1 aliphatic carbocycles. The van der Waals surface area contributed by atoms with Gasteiger partial charge in [-0.2, -0.15) is 0 Å². The van der Waals surface area contributed by atoms with Crippen LogP contribution in [0.4, 0.5) is 0 Å². The van der Waals surface area contributed by atoms with Crippen LogP contribution in [-0.2, 0) is 11.2 Å². The van der Waals surface area contributed by atoms with Crippen molar-refractivity contribution in [2.24, 2.45) is 5.73 Å². The molecule has 1 aromatic carbocycles.